The molecule has 0 aromatic heterocycles. The maximum atomic E-state index is 11.5. The summed E-state index contributed by atoms with van der Waals surface area (Å²) in [5.74, 6) is 0.924. The summed E-state index contributed by atoms with van der Waals surface area (Å²) in [5.41, 5.74) is -0.211. The van der Waals surface area contributed by atoms with Crippen LogP contribution in [0.4, 0.5) is 0 Å². The number of likely N-dealkylation sites (tertiary alicyclic amines) is 1. The summed E-state index contributed by atoms with van der Waals surface area (Å²) in [7, 11) is 3.45. The lowest BCUT2D eigenvalue weighted by molar-refractivity contribution is -0.122. The third-order valence-corrected chi connectivity index (χ3v) is 5.28. The van der Waals surface area contributed by atoms with Gasteiger partial charge in [0.15, 0.2) is 5.96 Å². The van der Waals surface area contributed by atoms with Crippen molar-refractivity contribution in [3.8, 4) is 0 Å². The van der Waals surface area contributed by atoms with Crippen LogP contribution < -0.4 is 16.0 Å². The first-order valence-electron chi connectivity index (χ1n) is 9.71. The van der Waals surface area contributed by atoms with Crippen LogP contribution in [0.5, 0.6) is 0 Å². The van der Waals surface area contributed by atoms with Gasteiger partial charge in [0.1, 0.15) is 0 Å². The number of amides is 1. The minimum atomic E-state index is -0.211. The number of ether oxygens (including phenoxy) is 2. The maximum Gasteiger partial charge on any atom is 0.233 e. The summed E-state index contributed by atoms with van der Waals surface area (Å²) in [6.45, 7) is 7.32. The third-order valence-electron chi connectivity index (χ3n) is 5.28. The first kappa shape index (κ1) is 20.9. The van der Waals surface area contributed by atoms with Crippen LogP contribution in [0.2, 0.25) is 0 Å². The number of carbonyl (C=O) groups is 1. The van der Waals surface area contributed by atoms with Crippen molar-refractivity contribution in [1.82, 2.24) is 20.9 Å². The number of rotatable bonds is 7. The molecule has 0 unspecified atom stereocenters. The van der Waals surface area contributed by atoms with E-state index in [4.69, 9.17) is 14.5 Å². The number of carbonyl (C=O) groups excluding carboxylic acids is 1. The molecule has 2 heterocycles. The van der Waals surface area contributed by atoms with Crippen molar-refractivity contribution in [3.63, 3.8) is 0 Å². The Morgan fingerprint density at radius 3 is 2.58 bits per heavy atom. The monoisotopic (exact) mass is 369 g/mol. The Hall–Kier alpha value is -1.38. The Morgan fingerprint density at radius 1 is 1.31 bits per heavy atom. The van der Waals surface area contributed by atoms with Crippen molar-refractivity contribution in [2.75, 3.05) is 60.1 Å². The van der Waals surface area contributed by atoms with E-state index < -0.39 is 0 Å². The topological polar surface area (TPSA) is 87.2 Å². The Labute approximate surface area is 157 Å². The molecule has 2 saturated heterocycles. The fourth-order valence-corrected chi connectivity index (χ4v) is 3.42. The van der Waals surface area contributed by atoms with E-state index in [0.717, 1.165) is 64.5 Å². The second-order valence-corrected chi connectivity index (χ2v) is 7.06. The SMILES string of the molecule is CCNC(=NCC1(OC)CCOCC1)NC1CCN(CC(=O)NC)CC1. The molecule has 0 spiro atoms. The summed E-state index contributed by atoms with van der Waals surface area (Å²) in [6.07, 6.45) is 3.77. The van der Waals surface area contributed by atoms with Crippen molar-refractivity contribution in [2.45, 2.75) is 44.2 Å². The van der Waals surface area contributed by atoms with E-state index in [-0.39, 0.29) is 11.5 Å². The second-order valence-electron chi connectivity index (χ2n) is 7.06. The number of hydrogen-bond donors (Lipinski definition) is 3. The van der Waals surface area contributed by atoms with Crippen molar-refractivity contribution in [3.05, 3.63) is 0 Å². The molecule has 2 fully saturated rings. The molecule has 150 valence electrons. The van der Waals surface area contributed by atoms with Crippen LogP contribution in [0, 0.1) is 0 Å². The lowest BCUT2D eigenvalue weighted by Crippen LogP contribution is -2.50. The number of hydrogen-bond acceptors (Lipinski definition) is 5. The van der Waals surface area contributed by atoms with Gasteiger partial charge in [-0.25, -0.2) is 0 Å². The molecule has 8 nitrogen and oxygen atoms in total. The van der Waals surface area contributed by atoms with Crippen LogP contribution in [0.25, 0.3) is 0 Å². The van der Waals surface area contributed by atoms with Crippen LogP contribution >= 0.6 is 0 Å². The average molecular weight is 370 g/mol. The van der Waals surface area contributed by atoms with E-state index in [9.17, 15) is 4.79 Å². The third kappa shape index (κ3) is 6.41. The number of nitrogens with one attached hydrogen (secondary N) is 3. The van der Waals surface area contributed by atoms with Gasteiger partial charge < -0.3 is 25.4 Å². The lowest BCUT2D eigenvalue weighted by atomic mass is 9.94. The fraction of sp³-hybridized carbons (Fsp3) is 0.889. The molecule has 26 heavy (non-hydrogen) atoms. The zero-order chi connectivity index (χ0) is 18.8. The van der Waals surface area contributed by atoms with Crippen LogP contribution in [0.3, 0.4) is 0 Å². The van der Waals surface area contributed by atoms with E-state index in [1.807, 2.05) is 0 Å². The lowest BCUT2D eigenvalue weighted by Gasteiger charge is -2.35. The Morgan fingerprint density at radius 2 is 2.00 bits per heavy atom. The Kier molecular flexibility index (Phi) is 8.61. The average Bonchev–Trinajstić information content (AvgIpc) is 2.68. The highest BCUT2D eigenvalue weighted by atomic mass is 16.5. The standard InChI is InChI=1S/C18H35N5O3/c1-4-20-17(21-14-18(25-3)7-11-26-12-8-18)22-15-5-9-23(10-6-15)13-16(24)19-2/h15H,4-14H2,1-3H3,(H,19,24)(H2,20,21,22). The highest BCUT2D eigenvalue weighted by molar-refractivity contribution is 5.80. The zero-order valence-electron chi connectivity index (χ0n) is 16.5. The van der Waals surface area contributed by atoms with Crippen LogP contribution in [-0.4, -0.2) is 88.5 Å². The van der Waals surface area contributed by atoms with Gasteiger partial charge in [0.05, 0.1) is 18.7 Å². The van der Waals surface area contributed by atoms with E-state index in [1.165, 1.54) is 0 Å². The van der Waals surface area contributed by atoms with Crippen molar-refractivity contribution >= 4 is 11.9 Å². The first-order chi connectivity index (χ1) is 12.6. The summed E-state index contributed by atoms with van der Waals surface area (Å²) in [4.78, 5) is 18.5. The summed E-state index contributed by atoms with van der Waals surface area (Å²) < 4.78 is 11.2. The number of likely N-dealkylation sites (N-methyl/N-ethyl adjacent to an activating group) is 1. The fourth-order valence-electron chi connectivity index (χ4n) is 3.42. The molecule has 0 saturated carbocycles. The molecule has 2 aliphatic heterocycles. The zero-order valence-corrected chi connectivity index (χ0v) is 16.5. The van der Waals surface area contributed by atoms with Crippen molar-refractivity contribution in [2.24, 2.45) is 4.99 Å². The number of methoxy groups -OCH3 is 1. The van der Waals surface area contributed by atoms with Crippen LogP contribution in [-0.2, 0) is 14.3 Å². The predicted molar refractivity (Wildman–Crippen MR) is 102 cm³/mol. The second kappa shape index (κ2) is 10.7. The molecule has 1 amide bonds. The molecular formula is C18H35N5O3. The molecule has 3 N–H and O–H groups in total. The van der Waals surface area contributed by atoms with Crippen molar-refractivity contribution < 1.29 is 14.3 Å². The van der Waals surface area contributed by atoms with E-state index in [1.54, 1.807) is 14.2 Å². The largest absolute Gasteiger partial charge is 0.381 e. The van der Waals surface area contributed by atoms with Gasteiger partial charge in [-0.05, 0) is 19.8 Å². The van der Waals surface area contributed by atoms with Gasteiger partial charge >= 0.3 is 0 Å². The molecule has 8 heteroatoms. The van der Waals surface area contributed by atoms with Gasteiger partial charge in [-0.15, -0.1) is 0 Å². The number of aliphatic imine (C=N–C) groups is 1. The molecule has 0 aromatic rings. The van der Waals surface area contributed by atoms with E-state index in [2.05, 4.69) is 27.8 Å². The van der Waals surface area contributed by atoms with Crippen LogP contribution in [0.15, 0.2) is 4.99 Å². The molecule has 0 radical (unpaired) electrons. The van der Waals surface area contributed by atoms with Gasteiger partial charge in [0.2, 0.25) is 5.91 Å². The normalized spacial score (nSPS) is 22.0. The summed E-state index contributed by atoms with van der Waals surface area (Å²) >= 11 is 0. The summed E-state index contributed by atoms with van der Waals surface area (Å²) in [5, 5.41) is 9.57. The van der Waals surface area contributed by atoms with E-state index in [0.29, 0.717) is 19.1 Å². The molecule has 0 bridgehead atoms. The van der Waals surface area contributed by atoms with E-state index >= 15 is 0 Å². The quantitative estimate of drug-likeness (QED) is 0.431. The predicted octanol–water partition coefficient (Wildman–Crippen LogP) is -0.0525. The summed E-state index contributed by atoms with van der Waals surface area (Å²) in [6, 6.07) is 0.377. The smallest absolute Gasteiger partial charge is 0.233 e. The molecular weight excluding hydrogens is 334 g/mol. The number of guanidine groups is 1. The molecule has 2 rings (SSSR count). The molecule has 0 atom stereocenters. The Balaban J connectivity index is 1.84. The minimum Gasteiger partial charge on any atom is -0.381 e. The van der Waals surface area contributed by atoms with Gasteiger partial charge in [-0.2, -0.15) is 0 Å². The van der Waals surface area contributed by atoms with Crippen LogP contribution in [0.1, 0.15) is 32.6 Å². The van der Waals surface area contributed by atoms with Gasteiger partial charge in [-0.3, -0.25) is 14.7 Å². The highest BCUT2D eigenvalue weighted by Gasteiger charge is 2.32. The van der Waals surface area contributed by atoms with Crippen molar-refractivity contribution in [1.29, 1.82) is 0 Å². The van der Waals surface area contributed by atoms with Gasteiger partial charge in [0.25, 0.3) is 0 Å². The number of nitrogens with zero attached hydrogens (tertiary/aromatic N) is 2. The maximum absolute atomic E-state index is 11.5. The minimum absolute atomic E-state index is 0.0765. The number of piperidine rings is 1. The highest BCUT2D eigenvalue weighted by Crippen LogP contribution is 2.24. The van der Waals surface area contributed by atoms with Gasteiger partial charge in [0, 0.05) is 65.9 Å². The Bertz CT molecular complexity index is 458. The van der Waals surface area contributed by atoms with Gasteiger partial charge in [-0.1, -0.05) is 0 Å². The first-order valence-corrected chi connectivity index (χ1v) is 9.71. The molecule has 2 aliphatic rings. The molecule has 0 aromatic carbocycles. The molecule has 0 aliphatic carbocycles.